The molecule has 2 atom stereocenters. The molecular weight excluding hydrogens is 484 g/mol. The Morgan fingerprint density at radius 2 is 1.58 bits per heavy atom. The second kappa shape index (κ2) is 13.1. The van der Waals surface area contributed by atoms with Gasteiger partial charge in [0.15, 0.2) is 11.5 Å². The highest BCUT2D eigenvalue weighted by atomic mass is 16.6. The number of carbonyl (C=O) groups excluding carboxylic acids is 2. The number of rotatable bonds is 12. The minimum Gasteiger partial charge on any atom is -0.486 e. The van der Waals surface area contributed by atoms with Gasteiger partial charge >= 0.3 is 11.9 Å². The van der Waals surface area contributed by atoms with Crippen molar-refractivity contribution in [3.8, 4) is 11.5 Å². The summed E-state index contributed by atoms with van der Waals surface area (Å²) < 4.78 is 21.7. The molecule has 1 heterocycles. The first kappa shape index (κ1) is 27.3. The van der Waals surface area contributed by atoms with E-state index in [0.717, 1.165) is 25.2 Å². The molecule has 38 heavy (non-hydrogen) atoms. The number of esters is 2. The van der Waals surface area contributed by atoms with Crippen molar-refractivity contribution in [2.45, 2.75) is 39.3 Å². The summed E-state index contributed by atoms with van der Waals surface area (Å²) in [5.74, 6) is 0.391. The van der Waals surface area contributed by atoms with Crippen LogP contribution in [0.25, 0.3) is 10.8 Å². The molecular formula is C30H36N2O6. The van der Waals surface area contributed by atoms with Crippen LogP contribution >= 0.6 is 0 Å². The van der Waals surface area contributed by atoms with Crippen LogP contribution in [0.4, 0.5) is 5.69 Å². The predicted octanol–water partition coefficient (Wildman–Crippen LogP) is 4.65. The Morgan fingerprint density at radius 3 is 2.32 bits per heavy atom. The highest BCUT2D eigenvalue weighted by Gasteiger charge is 2.25. The number of nitrogens with one attached hydrogen (secondary N) is 1. The number of anilines is 1. The van der Waals surface area contributed by atoms with Crippen LogP contribution in [0.5, 0.6) is 11.5 Å². The predicted molar refractivity (Wildman–Crippen MR) is 147 cm³/mol. The van der Waals surface area contributed by atoms with Gasteiger partial charge in [-0.25, -0.2) is 0 Å². The third kappa shape index (κ3) is 7.38. The van der Waals surface area contributed by atoms with E-state index < -0.39 is 0 Å². The van der Waals surface area contributed by atoms with Crippen molar-refractivity contribution >= 4 is 28.4 Å². The lowest BCUT2D eigenvalue weighted by Gasteiger charge is -2.23. The zero-order chi connectivity index (χ0) is 26.9. The SMILES string of the molecule is CC(=O)OCCOc1ccc(N2CC[C@H](N[C@H](C)c3cccc4ccccc34)C2)cc1OCCOC(C)=O. The van der Waals surface area contributed by atoms with Crippen LogP contribution in [0.3, 0.4) is 0 Å². The molecule has 3 aromatic rings. The molecule has 0 aliphatic carbocycles. The third-order valence-electron chi connectivity index (χ3n) is 6.55. The van der Waals surface area contributed by atoms with Crippen molar-refractivity contribution < 1.29 is 28.5 Å². The first-order valence-corrected chi connectivity index (χ1v) is 13.1. The van der Waals surface area contributed by atoms with E-state index in [4.69, 9.17) is 18.9 Å². The molecule has 0 unspecified atom stereocenters. The van der Waals surface area contributed by atoms with Crippen LogP contribution < -0.4 is 19.7 Å². The lowest BCUT2D eigenvalue weighted by atomic mass is 9.99. The van der Waals surface area contributed by atoms with Gasteiger partial charge < -0.3 is 29.2 Å². The van der Waals surface area contributed by atoms with E-state index in [-0.39, 0.29) is 44.4 Å². The molecule has 0 amide bonds. The molecule has 4 rings (SSSR count). The highest BCUT2D eigenvalue weighted by molar-refractivity contribution is 5.86. The summed E-state index contributed by atoms with van der Waals surface area (Å²) in [7, 11) is 0. The molecule has 0 spiro atoms. The fraction of sp³-hybridized carbons (Fsp3) is 0.400. The molecule has 8 heteroatoms. The van der Waals surface area contributed by atoms with Crippen LogP contribution in [0.15, 0.2) is 60.7 Å². The fourth-order valence-corrected chi connectivity index (χ4v) is 4.80. The molecule has 1 saturated heterocycles. The van der Waals surface area contributed by atoms with E-state index in [1.807, 2.05) is 18.2 Å². The van der Waals surface area contributed by atoms with E-state index in [1.54, 1.807) is 0 Å². The topological polar surface area (TPSA) is 86.3 Å². The summed E-state index contributed by atoms with van der Waals surface area (Å²) in [4.78, 5) is 24.4. The minimum absolute atomic E-state index is 0.147. The Hall–Kier alpha value is -3.78. The number of benzene rings is 3. The third-order valence-corrected chi connectivity index (χ3v) is 6.55. The lowest BCUT2D eigenvalue weighted by Crippen LogP contribution is -2.34. The largest absolute Gasteiger partial charge is 0.486 e. The molecule has 0 bridgehead atoms. The monoisotopic (exact) mass is 520 g/mol. The lowest BCUT2D eigenvalue weighted by molar-refractivity contribution is -0.142. The fourth-order valence-electron chi connectivity index (χ4n) is 4.80. The number of ether oxygens (including phenoxy) is 4. The van der Waals surface area contributed by atoms with Crippen LogP contribution in [-0.4, -0.2) is 57.5 Å². The van der Waals surface area contributed by atoms with Gasteiger partial charge in [0.1, 0.15) is 26.4 Å². The van der Waals surface area contributed by atoms with E-state index in [0.29, 0.717) is 17.5 Å². The summed E-state index contributed by atoms with van der Waals surface area (Å²) in [6.07, 6.45) is 1.03. The summed E-state index contributed by atoms with van der Waals surface area (Å²) in [6, 6.07) is 21.4. The Bertz CT molecular complexity index is 1240. The van der Waals surface area contributed by atoms with Gasteiger partial charge in [-0.2, -0.15) is 0 Å². The molecule has 8 nitrogen and oxygen atoms in total. The van der Waals surface area contributed by atoms with Crippen LogP contribution in [0.1, 0.15) is 38.8 Å². The van der Waals surface area contributed by atoms with Gasteiger partial charge in [0.2, 0.25) is 0 Å². The maximum Gasteiger partial charge on any atom is 0.302 e. The molecule has 202 valence electrons. The first-order chi connectivity index (χ1) is 18.4. The van der Waals surface area contributed by atoms with Crippen molar-refractivity contribution in [3.63, 3.8) is 0 Å². The Kier molecular flexibility index (Phi) is 9.43. The number of carbonyl (C=O) groups is 2. The second-order valence-corrected chi connectivity index (χ2v) is 9.40. The van der Waals surface area contributed by atoms with Gasteiger partial charge in [-0.3, -0.25) is 9.59 Å². The summed E-state index contributed by atoms with van der Waals surface area (Å²) in [5, 5.41) is 6.36. The number of hydrogen-bond donors (Lipinski definition) is 1. The minimum atomic E-state index is -0.353. The quantitative estimate of drug-likeness (QED) is 0.273. The van der Waals surface area contributed by atoms with Gasteiger partial charge in [-0.1, -0.05) is 42.5 Å². The number of nitrogens with zero attached hydrogens (tertiary/aromatic N) is 1. The highest BCUT2D eigenvalue weighted by Crippen LogP contribution is 2.34. The van der Waals surface area contributed by atoms with Crippen molar-refractivity contribution in [3.05, 3.63) is 66.2 Å². The zero-order valence-electron chi connectivity index (χ0n) is 22.3. The summed E-state index contributed by atoms with van der Waals surface area (Å²) >= 11 is 0. The van der Waals surface area contributed by atoms with Gasteiger partial charge in [-0.15, -0.1) is 0 Å². The van der Waals surface area contributed by atoms with Crippen molar-refractivity contribution in [2.24, 2.45) is 0 Å². The van der Waals surface area contributed by atoms with Crippen LogP contribution in [-0.2, 0) is 19.1 Å². The van der Waals surface area contributed by atoms with E-state index in [1.165, 1.54) is 30.2 Å². The number of hydrogen-bond acceptors (Lipinski definition) is 8. The van der Waals surface area contributed by atoms with Gasteiger partial charge in [-0.05, 0) is 41.8 Å². The Balaban J connectivity index is 1.40. The average Bonchev–Trinajstić information content (AvgIpc) is 3.37. The molecule has 1 N–H and O–H groups in total. The molecule has 1 fully saturated rings. The van der Waals surface area contributed by atoms with Crippen molar-refractivity contribution in [2.75, 3.05) is 44.4 Å². The Labute approximate surface area is 223 Å². The first-order valence-electron chi connectivity index (χ1n) is 13.1. The van der Waals surface area contributed by atoms with Crippen LogP contribution in [0, 0.1) is 0 Å². The van der Waals surface area contributed by atoms with E-state index in [9.17, 15) is 9.59 Å². The average molecular weight is 521 g/mol. The molecule has 3 aromatic carbocycles. The van der Waals surface area contributed by atoms with E-state index in [2.05, 4.69) is 59.6 Å². The summed E-state index contributed by atoms with van der Waals surface area (Å²) in [6.45, 7) is 7.45. The molecule has 1 aliphatic heterocycles. The molecule has 0 aromatic heterocycles. The van der Waals surface area contributed by atoms with E-state index >= 15 is 0 Å². The number of fused-ring (bicyclic) bond motifs is 1. The van der Waals surface area contributed by atoms with Crippen molar-refractivity contribution in [1.82, 2.24) is 5.32 Å². The van der Waals surface area contributed by atoms with Gasteiger partial charge in [0.05, 0.1) is 0 Å². The van der Waals surface area contributed by atoms with Gasteiger partial charge in [0, 0.05) is 50.8 Å². The second-order valence-electron chi connectivity index (χ2n) is 9.40. The maximum absolute atomic E-state index is 11.1. The molecule has 0 radical (unpaired) electrons. The summed E-state index contributed by atoms with van der Waals surface area (Å²) in [5.41, 5.74) is 2.34. The maximum atomic E-state index is 11.1. The zero-order valence-corrected chi connectivity index (χ0v) is 22.3. The van der Waals surface area contributed by atoms with Gasteiger partial charge in [0.25, 0.3) is 0 Å². The standard InChI is InChI=1S/C30H36N2O6/c1-21(27-10-6-8-24-7-4-5-9-28(24)27)31-25-13-14-32(20-25)26-11-12-29(37-17-15-35-22(2)33)30(19-26)38-18-16-36-23(3)34/h4-12,19,21,25,31H,13-18,20H2,1-3H3/t21-,25+/m1/s1. The Morgan fingerprint density at radius 1 is 0.895 bits per heavy atom. The van der Waals surface area contributed by atoms with Crippen LogP contribution in [0.2, 0.25) is 0 Å². The normalized spacial score (nSPS) is 15.8. The molecule has 0 saturated carbocycles. The smallest absolute Gasteiger partial charge is 0.302 e. The molecule has 1 aliphatic rings. The van der Waals surface area contributed by atoms with Crippen molar-refractivity contribution in [1.29, 1.82) is 0 Å².